The van der Waals surface area contributed by atoms with E-state index in [1.165, 1.54) is 15.6 Å². The van der Waals surface area contributed by atoms with Crippen LogP contribution in [0.2, 0.25) is 0 Å². The van der Waals surface area contributed by atoms with Crippen molar-refractivity contribution in [1.29, 1.82) is 0 Å². The topological polar surface area (TPSA) is 79.4 Å². The van der Waals surface area contributed by atoms with Crippen molar-refractivity contribution >= 4 is 48.3 Å². The van der Waals surface area contributed by atoms with Gasteiger partial charge in [-0.25, -0.2) is 13.4 Å². The first-order valence-corrected chi connectivity index (χ1v) is 11.4. The predicted octanol–water partition coefficient (Wildman–Crippen LogP) is 3.33. The van der Waals surface area contributed by atoms with Crippen LogP contribution in [0.4, 0.5) is 5.13 Å². The highest BCUT2D eigenvalue weighted by atomic mass is 79.9. The van der Waals surface area contributed by atoms with E-state index in [9.17, 15) is 13.2 Å². The zero-order valence-corrected chi connectivity index (χ0v) is 16.8. The Morgan fingerprint density at radius 1 is 1.40 bits per heavy atom. The molecular weight excluding hydrogens is 426 g/mol. The minimum absolute atomic E-state index is 0.319. The molecular formula is C16H18BrN3O3S2. The largest absolute Gasteiger partial charge is 0.301 e. The lowest BCUT2D eigenvalue weighted by Crippen LogP contribution is -2.49. The maximum atomic E-state index is 12.6. The van der Waals surface area contributed by atoms with E-state index < -0.39 is 16.1 Å². The number of nitrogens with zero attached hydrogens (tertiary/aromatic N) is 2. The molecule has 1 aromatic carbocycles. The molecule has 0 aliphatic carbocycles. The summed E-state index contributed by atoms with van der Waals surface area (Å²) in [5.74, 6) is -0.319. The minimum atomic E-state index is -3.40. The molecule has 1 atom stereocenters. The molecule has 3 rings (SSSR count). The Morgan fingerprint density at radius 2 is 2.20 bits per heavy atom. The van der Waals surface area contributed by atoms with Crippen LogP contribution in [0.25, 0.3) is 11.3 Å². The molecule has 1 N–H and O–H groups in total. The van der Waals surface area contributed by atoms with Crippen LogP contribution < -0.4 is 5.32 Å². The Bertz CT molecular complexity index is 882. The van der Waals surface area contributed by atoms with Crippen LogP contribution in [-0.2, 0) is 14.8 Å². The number of halogens is 1. The van der Waals surface area contributed by atoms with Crippen LogP contribution in [0.15, 0.2) is 34.1 Å². The average molecular weight is 444 g/mol. The van der Waals surface area contributed by atoms with Gasteiger partial charge in [0, 0.05) is 22.0 Å². The van der Waals surface area contributed by atoms with E-state index in [2.05, 4.69) is 26.2 Å². The molecule has 0 saturated carbocycles. The van der Waals surface area contributed by atoms with Crippen molar-refractivity contribution in [3.8, 4) is 11.3 Å². The number of carbonyl (C=O) groups is 1. The Labute approximate surface area is 159 Å². The highest BCUT2D eigenvalue weighted by Gasteiger charge is 2.34. The molecule has 2 heterocycles. The summed E-state index contributed by atoms with van der Waals surface area (Å²) in [6.07, 6.45) is 3.29. The van der Waals surface area contributed by atoms with Gasteiger partial charge in [-0.05, 0) is 25.0 Å². The van der Waals surface area contributed by atoms with Gasteiger partial charge >= 0.3 is 0 Å². The summed E-state index contributed by atoms with van der Waals surface area (Å²) in [6.45, 7) is 0.387. The van der Waals surface area contributed by atoms with E-state index in [0.29, 0.717) is 18.1 Å². The average Bonchev–Trinajstić information content (AvgIpc) is 3.02. The highest BCUT2D eigenvalue weighted by Crippen LogP contribution is 2.28. The standard InChI is InChI=1S/C16H18BrN3O3S2/c1-25(22,23)20-8-3-2-7-14(20)15(21)19-16-18-13(10-24-16)11-5-4-6-12(17)9-11/h4-6,9-10,14H,2-3,7-8H2,1H3,(H,18,19,21). The van der Waals surface area contributed by atoms with Gasteiger partial charge in [-0.2, -0.15) is 4.31 Å². The van der Waals surface area contributed by atoms with Crippen LogP contribution in [0.1, 0.15) is 19.3 Å². The second-order valence-electron chi connectivity index (χ2n) is 5.92. The number of hydrogen-bond donors (Lipinski definition) is 1. The minimum Gasteiger partial charge on any atom is -0.301 e. The van der Waals surface area contributed by atoms with Crippen molar-refractivity contribution in [3.05, 3.63) is 34.1 Å². The number of sulfonamides is 1. The second-order valence-corrected chi connectivity index (χ2v) is 9.63. The SMILES string of the molecule is CS(=O)(=O)N1CCCCC1C(=O)Nc1nc(-c2cccc(Br)c2)cs1. The highest BCUT2D eigenvalue weighted by molar-refractivity contribution is 9.10. The van der Waals surface area contributed by atoms with Crippen LogP contribution in [0.3, 0.4) is 0 Å². The molecule has 2 aromatic rings. The third-order valence-electron chi connectivity index (χ3n) is 4.04. The fraction of sp³-hybridized carbons (Fsp3) is 0.375. The van der Waals surface area contributed by atoms with E-state index in [1.807, 2.05) is 29.6 Å². The summed E-state index contributed by atoms with van der Waals surface area (Å²) >= 11 is 4.75. The summed E-state index contributed by atoms with van der Waals surface area (Å²) in [5, 5.41) is 5.11. The van der Waals surface area contributed by atoms with Crippen molar-refractivity contribution in [2.75, 3.05) is 18.1 Å². The van der Waals surface area contributed by atoms with Crippen LogP contribution in [-0.4, -0.2) is 42.5 Å². The van der Waals surface area contributed by atoms with Gasteiger partial charge in [0.15, 0.2) is 5.13 Å². The third-order valence-corrected chi connectivity index (χ3v) is 6.58. The zero-order chi connectivity index (χ0) is 18.0. The lowest BCUT2D eigenvalue weighted by Gasteiger charge is -2.32. The number of benzene rings is 1. The quantitative estimate of drug-likeness (QED) is 0.785. The van der Waals surface area contributed by atoms with Gasteiger partial charge < -0.3 is 5.32 Å². The molecule has 1 saturated heterocycles. The first kappa shape index (κ1) is 18.5. The number of anilines is 1. The van der Waals surface area contributed by atoms with Gasteiger partial charge in [-0.1, -0.05) is 34.5 Å². The second kappa shape index (κ2) is 7.53. The molecule has 1 aliphatic rings. The Hall–Kier alpha value is -1.29. The van der Waals surface area contributed by atoms with E-state index in [-0.39, 0.29) is 5.91 Å². The number of amides is 1. The lowest BCUT2D eigenvalue weighted by atomic mass is 10.0. The molecule has 9 heteroatoms. The number of rotatable bonds is 4. The summed E-state index contributed by atoms with van der Waals surface area (Å²) in [5.41, 5.74) is 1.71. The fourth-order valence-corrected chi connectivity index (χ4v) is 5.11. The van der Waals surface area contributed by atoms with E-state index >= 15 is 0 Å². The number of hydrogen-bond acceptors (Lipinski definition) is 5. The van der Waals surface area contributed by atoms with Crippen LogP contribution in [0.5, 0.6) is 0 Å². The summed E-state index contributed by atoms with van der Waals surface area (Å²) in [4.78, 5) is 17.0. The Balaban J connectivity index is 1.75. The first-order valence-electron chi connectivity index (χ1n) is 7.84. The molecule has 25 heavy (non-hydrogen) atoms. The Morgan fingerprint density at radius 3 is 2.92 bits per heavy atom. The van der Waals surface area contributed by atoms with Gasteiger partial charge in [0.1, 0.15) is 6.04 Å². The van der Waals surface area contributed by atoms with Crippen molar-refractivity contribution in [2.24, 2.45) is 0 Å². The Kier molecular flexibility index (Phi) is 5.57. The number of piperidine rings is 1. The molecule has 0 spiro atoms. The summed E-state index contributed by atoms with van der Waals surface area (Å²) < 4.78 is 26.0. The smallest absolute Gasteiger partial charge is 0.244 e. The molecule has 1 fully saturated rings. The third kappa shape index (κ3) is 4.46. The lowest BCUT2D eigenvalue weighted by molar-refractivity contribution is -0.120. The van der Waals surface area contributed by atoms with Crippen molar-refractivity contribution < 1.29 is 13.2 Å². The van der Waals surface area contributed by atoms with Crippen LogP contribution >= 0.6 is 27.3 Å². The molecule has 1 aliphatic heterocycles. The van der Waals surface area contributed by atoms with Gasteiger partial charge in [-0.3, -0.25) is 4.79 Å². The monoisotopic (exact) mass is 443 g/mol. The van der Waals surface area contributed by atoms with Gasteiger partial charge in [0.05, 0.1) is 11.9 Å². The van der Waals surface area contributed by atoms with E-state index in [4.69, 9.17) is 0 Å². The number of nitrogens with one attached hydrogen (secondary N) is 1. The number of carbonyl (C=O) groups excluding carboxylic acids is 1. The molecule has 6 nitrogen and oxygen atoms in total. The van der Waals surface area contributed by atoms with Crippen LogP contribution in [0, 0.1) is 0 Å². The fourth-order valence-electron chi connectivity index (χ4n) is 2.86. The summed E-state index contributed by atoms with van der Waals surface area (Å²) in [7, 11) is -3.40. The summed E-state index contributed by atoms with van der Waals surface area (Å²) in [6, 6.07) is 7.08. The number of thiazole rings is 1. The number of aromatic nitrogens is 1. The van der Waals surface area contributed by atoms with Crippen molar-refractivity contribution in [3.63, 3.8) is 0 Å². The van der Waals surface area contributed by atoms with E-state index in [0.717, 1.165) is 34.8 Å². The van der Waals surface area contributed by atoms with Crippen molar-refractivity contribution in [2.45, 2.75) is 25.3 Å². The first-order chi connectivity index (χ1) is 11.8. The van der Waals surface area contributed by atoms with Gasteiger partial charge in [0.2, 0.25) is 15.9 Å². The normalized spacial score (nSPS) is 18.9. The molecule has 1 unspecified atom stereocenters. The maximum absolute atomic E-state index is 12.6. The van der Waals surface area contributed by atoms with E-state index in [1.54, 1.807) is 0 Å². The molecule has 134 valence electrons. The molecule has 1 aromatic heterocycles. The molecule has 0 bridgehead atoms. The molecule has 1 amide bonds. The van der Waals surface area contributed by atoms with Crippen molar-refractivity contribution in [1.82, 2.24) is 9.29 Å². The zero-order valence-electron chi connectivity index (χ0n) is 13.6. The van der Waals surface area contributed by atoms with Gasteiger partial charge in [0.25, 0.3) is 0 Å². The molecule has 0 radical (unpaired) electrons. The maximum Gasteiger partial charge on any atom is 0.244 e. The van der Waals surface area contributed by atoms with Gasteiger partial charge in [-0.15, -0.1) is 11.3 Å². The predicted molar refractivity (Wildman–Crippen MR) is 103 cm³/mol.